The van der Waals surface area contributed by atoms with Crippen molar-refractivity contribution < 1.29 is 4.74 Å². The van der Waals surface area contributed by atoms with E-state index in [0.717, 1.165) is 33.5 Å². The fourth-order valence-electron chi connectivity index (χ4n) is 1.98. The van der Waals surface area contributed by atoms with Gasteiger partial charge in [-0.1, -0.05) is 24.3 Å². The number of nitrogens with two attached hydrogens (primary N) is 1. The molecule has 0 saturated heterocycles. The van der Waals surface area contributed by atoms with Crippen molar-refractivity contribution in [1.29, 1.82) is 0 Å². The van der Waals surface area contributed by atoms with Crippen LogP contribution in [0.15, 0.2) is 53.9 Å². The molecule has 3 rings (SSSR count). The van der Waals surface area contributed by atoms with E-state index in [1.165, 1.54) is 0 Å². The normalized spacial score (nSPS) is 10.3. The Kier molecular flexibility index (Phi) is 3.75. The van der Waals surface area contributed by atoms with Crippen LogP contribution in [-0.4, -0.2) is 12.1 Å². The minimum absolute atomic E-state index is 0.751. The van der Waals surface area contributed by atoms with Crippen LogP contribution in [-0.2, 0) is 0 Å². The summed E-state index contributed by atoms with van der Waals surface area (Å²) in [4.78, 5) is 4.59. The van der Waals surface area contributed by atoms with Gasteiger partial charge in [-0.3, -0.25) is 0 Å². The van der Waals surface area contributed by atoms with E-state index in [2.05, 4.69) is 10.3 Å². The highest BCUT2D eigenvalue weighted by atomic mass is 32.1. The van der Waals surface area contributed by atoms with Crippen molar-refractivity contribution in [2.75, 3.05) is 18.2 Å². The predicted octanol–water partition coefficient (Wildman–Crippen LogP) is 4.14. The fraction of sp³-hybridized carbons (Fsp3) is 0.0625. The van der Waals surface area contributed by atoms with Gasteiger partial charge in [0.15, 0.2) is 5.13 Å². The number of rotatable bonds is 4. The van der Waals surface area contributed by atoms with Crippen LogP contribution in [0.2, 0.25) is 0 Å². The monoisotopic (exact) mass is 297 g/mol. The van der Waals surface area contributed by atoms with Gasteiger partial charge in [0.05, 0.1) is 18.5 Å². The van der Waals surface area contributed by atoms with E-state index >= 15 is 0 Å². The molecule has 0 saturated carbocycles. The Bertz CT molecular complexity index is 737. The van der Waals surface area contributed by atoms with Gasteiger partial charge < -0.3 is 15.8 Å². The number of para-hydroxylation sites is 2. The Morgan fingerprint density at radius 2 is 1.86 bits per heavy atom. The molecular formula is C16H15N3OS. The van der Waals surface area contributed by atoms with E-state index in [1.54, 1.807) is 18.4 Å². The maximum absolute atomic E-state index is 5.70. The van der Waals surface area contributed by atoms with Crippen molar-refractivity contribution in [2.45, 2.75) is 0 Å². The molecule has 4 nitrogen and oxygen atoms in total. The molecule has 0 amide bonds. The van der Waals surface area contributed by atoms with E-state index in [0.29, 0.717) is 0 Å². The van der Waals surface area contributed by atoms with Crippen LogP contribution >= 0.6 is 11.3 Å². The number of hydrogen-bond acceptors (Lipinski definition) is 5. The van der Waals surface area contributed by atoms with Gasteiger partial charge in [-0.15, -0.1) is 11.3 Å². The lowest BCUT2D eigenvalue weighted by Crippen LogP contribution is -1.93. The number of ether oxygens (including phenoxy) is 1. The molecule has 3 N–H and O–H groups in total. The van der Waals surface area contributed by atoms with Gasteiger partial charge in [0.1, 0.15) is 5.75 Å². The Hall–Kier alpha value is -2.53. The second kappa shape index (κ2) is 5.85. The summed E-state index contributed by atoms with van der Waals surface area (Å²) in [5.74, 6) is 0.793. The van der Waals surface area contributed by atoms with E-state index in [9.17, 15) is 0 Å². The Morgan fingerprint density at radius 1 is 1.10 bits per heavy atom. The Morgan fingerprint density at radius 3 is 2.62 bits per heavy atom. The number of nitrogen functional groups attached to an aromatic ring is 1. The number of anilines is 3. The first kappa shape index (κ1) is 13.5. The highest BCUT2D eigenvalue weighted by Gasteiger charge is 2.07. The zero-order valence-electron chi connectivity index (χ0n) is 11.5. The highest BCUT2D eigenvalue weighted by molar-refractivity contribution is 7.14. The minimum atomic E-state index is 0.751. The van der Waals surface area contributed by atoms with Crippen LogP contribution < -0.4 is 15.8 Å². The van der Waals surface area contributed by atoms with E-state index < -0.39 is 0 Å². The van der Waals surface area contributed by atoms with Crippen LogP contribution in [0.5, 0.6) is 5.75 Å². The number of aromatic nitrogens is 1. The van der Waals surface area contributed by atoms with Crippen molar-refractivity contribution in [3.63, 3.8) is 0 Å². The van der Waals surface area contributed by atoms with Crippen molar-refractivity contribution in [3.8, 4) is 17.0 Å². The first-order chi connectivity index (χ1) is 10.3. The maximum atomic E-state index is 5.70. The summed E-state index contributed by atoms with van der Waals surface area (Å²) >= 11 is 1.55. The number of methoxy groups -OCH3 is 1. The number of benzene rings is 2. The molecular weight excluding hydrogens is 282 g/mol. The summed E-state index contributed by atoms with van der Waals surface area (Å²) < 4.78 is 5.32. The molecule has 0 spiro atoms. The largest absolute Gasteiger partial charge is 0.495 e. The van der Waals surface area contributed by atoms with Crippen molar-refractivity contribution in [3.05, 3.63) is 53.9 Å². The zero-order valence-corrected chi connectivity index (χ0v) is 12.4. The number of nitrogens with zero attached hydrogens (tertiary/aromatic N) is 1. The average Bonchev–Trinajstić information content (AvgIpc) is 2.97. The molecule has 2 aromatic carbocycles. The predicted molar refractivity (Wildman–Crippen MR) is 88.2 cm³/mol. The lowest BCUT2D eigenvalue weighted by molar-refractivity contribution is 0.417. The third kappa shape index (κ3) is 2.98. The van der Waals surface area contributed by atoms with Crippen LogP contribution in [0.4, 0.5) is 16.5 Å². The Labute approximate surface area is 127 Å². The van der Waals surface area contributed by atoms with Crippen LogP contribution in [0.25, 0.3) is 11.3 Å². The molecule has 0 fully saturated rings. The summed E-state index contributed by atoms with van der Waals surface area (Å²) in [6, 6.07) is 15.5. The summed E-state index contributed by atoms with van der Waals surface area (Å²) in [5, 5.41) is 6.13. The lowest BCUT2D eigenvalue weighted by atomic mass is 10.1. The van der Waals surface area contributed by atoms with Gasteiger partial charge in [0, 0.05) is 16.6 Å². The van der Waals surface area contributed by atoms with Gasteiger partial charge in [0.25, 0.3) is 0 Å². The molecule has 0 aliphatic heterocycles. The van der Waals surface area contributed by atoms with Crippen LogP contribution in [0.3, 0.4) is 0 Å². The zero-order chi connectivity index (χ0) is 14.7. The molecule has 21 heavy (non-hydrogen) atoms. The number of hydrogen-bond donors (Lipinski definition) is 2. The highest BCUT2D eigenvalue weighted by Crippen LogP contribution is 2.31. The fourth-order valence-corrected chi connectivity index (χ4v) is 2.71. The molecule has 0 bridgehead atoms. The van der Waals surface area contributed by atoms with Gasteiger partial charge >= 0.3 is 0 Å². The van der Waals surface area contributed by atoms with Crippen LogP contribution in [0, 0.1) is 0 Å². The van der Waals surface area contributed by atoms with E-state index in [1.807, 2.05) is 53.9 Å². The molecule has 106 valence electrons. The van der Waals surface area contributed by atoms with E-state index in [-0.39, 0.29) is 0 Å². The molecule has 1 heterocycles. The smallest absolute Gasteiger partial charge is 0.187 e. The number of nitrogens with one attached hydrogen (secondary N) is 1. The molecule has 0 atom stereocenters. The first-order valence-electron chi connectivity index (χ1n) is 6.48. The summed E-state index contributed by atoms with van der Waals surface area (Å²) in [6.45, 7) is 0. The maximum Gasteiger partial charge on any atom is 0.187 e. The van der Waals surface area contributed by atoms with Crippen molar-refractivity contribution >= 4 is 27.8 Å². The average molecular weight is 297 g/mol. The molecule has 5 heteroatoms. The molecule has 0 radical (unpaired) electrons. The second-order valence-corrected chi connectivity index (χ2v) is 5.34. The van der Waals surface area contributed by atoms with Gasteiger partial charge in [-0.25, -0.2) is 4.98 Å². The summed E-state index contributed by atoms with van der Waals surface area (Å²) in [7, 11) is 1.65. The molecule has 0 unspecified atom stereocenters. The third-order valence-electron chi connectivity index (χ3n) is 3.06. The van der Waals surface area contributed by atoms with Gasteiger partial charge in [-0.05, 0) is 24.3 Å². The topological polar surface area (TPSA) is 60.2 Å². The minimum Gasteiger partial charge on any atom is -0.495 e. The Balaban J connectivity index is 1.83. The first-order valence-corrected chi connectivity index (χ1v) is 7.36. The van der Waals surface area contributed by atoms with Crippen molar-refractivity contribution in [2.24, 2.45) is 0 Å². The van der Waals surface area contributed by atoms with Crippen molar-refractivity contribution in [1.82, 2.24) is 4.98 Å². The quantitative estimate of drug-likeness (QED) is 0.710. The molecule has 0 aliphatic carbocycles. The lowest BCUT2D eigenvalue weighted by Gasteiger charge is -2.08. The third-order valence-corrected chi connectivity index (χ3v) is 3.82. The molecule has 3 aromatic rings. The van der Waals surface area contributed by atoms with Crippen LogP contribution in [0.1, 0.15) is 0 Å². The summed E-state index contributed by atoms with van der Waals surface area (Å²) in [6.07, 6.45) is 0. The summed E-state index contributed by atoms with van der Waals surface area (Å²) in [5.41, 5.74) is 9.33. The van der Waals surface area contributed by atoms with Gasteiger partial charge in [-0.2, -0.15) is 0 Å². The SMILES string of the molecule is COc1ccccc1Nc1nc(-c2ccc(N)cc2)cs1. The molecule has 0 aliphatic rings. The van der Waals surface area contributed by atoms with Gasteiger partial charge in [0.2, 0.25) is 0 Å². The molecule has 1 aromatic heterocycles. The standard InChI is InChI=1S/C16H15N3OS/c1-20-15-5-3-2-4-13(15)18-16-19-14(10-21-16)11-6-8-12(17)9-7-11/h2-10H,17H2,1H3,(H,18,19). The number of thiazole rings is 1. The van der Waals surface area contributed by atoms with E-state index in [4.69, 9.17) is 10.5 Å². The second-order valence-electron chi connectivity index (χ2n) is 4.49.